The molecule has 18 heavy (non-hydrogen) atoms. The minimum atomic E-state index is 0.785. The Morgan fingerprint density at radius 1 is 1.11 bits per heavy atom. The van der Waals surface area contributed by atoms with Gasteiger partial charge < -0.3 is 0 Å². The van der Waals surface area contributed by atoms with Gasteiger partial charge in [-0.2, -0.15) is 0 Å². The Hall–Kier alpha value is -2.23. The highest BCUT2D eigenvalue weighted by Gasteiger charge is 2.05. The van der Waals surface area contributed by atoms with Crippen LogP contribution >= 0.6 is 0 Å². The van der Waals surface area contributed by atoms with Crippen molar-refractivity contribution in [2.24, 2.45) is 0 Å². The lowest BCUT2D eigenvalue weighted by atomic mass is 10.1. The molecule has 0 saturated heterocycles. The van der Waals surface area contributed by atoms with E-state index in [9.17, 15) is 0 Å². The van der Waals surface area contributed by atoms with Gasteiger partial charge in [0.05, 0.1) is 5.69 Å². The summed E-state index contributed by atoms with van der Waals surface area (Å²) in [4.78, 5) is 4.39. The Bertz CT molecular complexity index is 655. The molecule has 0 aliphatic rings. The van der Waals surface area contributed by atoms with Crippen LogP contribution in [0.15, 0.2) is 43.0 Å². The number of fused-ring (bicyclic) bond motifs is 1. The predicted molar refractivity (Wildman–Crippen MR) is 69.4 cm³/mol. The van der Waals surface area contributed by atoms with Crippen LogP contribution in [0.3, 0.4) is 0 Å². The monoisotopic (exact) mass is 238 g/mol. The molecule has 0 aliphatic carbocycles. The van der Waals surface area contributed by atoms with Gasteiger partial charge in [0.15, 0.2) is 5.65 Å². The van der Waals surface area contributed by atoms with Crippen LogP contribution in [0, 0.1) is 0 Å². The number of nitrogens with zero attached hydrogens (tertiary/aromatic N) is 4. The summed E-state index contributed by atoms with van der Waals surface area (Å²) in [6.45, 7) is 2.16. The van der Waals surface area contributed by atoms with Crippen molar-refractivity contribution < 1.29 is 0 Å². The summed E-state index contributed by atoms with van der Waals surface area (Å²) in [5, 5.41) is 8.00. The second-order valence-corrected chi connectivity index (χ2v) is 4.28. The van der Waals surface area contributed by atoms with Gasteiger partial charge in [0.25, 0.3) is 0 Å². The summed E-state index contributed by atoms with van der Waals surface area (Å²) < 4.78 is 1.89. The van der Waals surface area contributed by atoms with Crippen LogP contribution in [0.4, 0.5) is 0 Å². The molecule has 0 amide bonds. The zero-order valence-electron chi connectivity index (χ0n) is 10.2. The molecule has 4 nitrogen and oxygen atoms in total. The van der Waals surface area contributed by atoms with Gasteiger partial charge in [0.1, 0.15) is 6.33 Å². The second kappa shape index (κ2) is 4.56. The molecule has 4 heteroatoms. The zero-order valence-corrected chi connectivity index (χ0v) is 10.2. The van der Waals surface area contributed by atoms with Crippen LogP contribution in [0.2, 0.25) is 0 Å². The maximum atomic E-state index is 4.39. The van der Waals surface area contributed by atoms with Gasteiger partial charge >= 0.3 is 0 Å². The Kier molecular flexibility index (Phi) is 2.76. The molecule has 0 unspecified atom stereocenters. The fraction of sp³-hybridized carbons (Fsp3) is 0.214. The van der Waals surface area contributed by atoms with E-state index >= 15 is 0 Å². The van der Waals surface area contributed by atoms with Crippen LogP contribution in [-0.4, -0.2) is 19.6 Å². The molecule has 0 bridgehead atoms. The molecule has 0 fully saturated rings. The third kappa shape index (κ3) is 1.97. The minimum Gasteiger partial charge on any atom is -0.286 e. The van der Waals surface area contributed by atoms with Crippen LogP contribution in [0.1, 0.15) is 23.7 Å². The topological polar surface area (TPSA) is 43.1 Å². The van der Waals surface area contributed by atoms with Crippen molar-refractivity contribution in [3.8, 4) is 0 Å². The van der Waals surface area contributed by atoms with Gasteiger partial charge in [0, 0.05) is 18.8 Å². The third-order valence-corrected chi connectivity index (χ3v) is 3.09. The van der Waals surface area contributed by atoms with Gasteiger partial charge in [0.2, 0.25) is 0 Å². The average molecular weight is 238 g/mol. The van der Waals surface area contributed by atoms with E-state index in [4.69, 9.17) is 0 Å². The van der Waals surface area contributed by atoms with E-state index in [2.05, 4.69) is 46.4 Å². The molecular formula is C14H14N4. The highest BCUT2D eigenvalue weighted by atomic mass is 15.2. The largest absolute Gasteiger partial charge is 0.286 e. The lowest BCUT2D eigenvalue weighted by molar-refractivity contribution is 1.01. The van der Waals surface area contributed by atoms with Gasteiger partial charge in [-0.1, -0.05) is 31.2 Å². The number of aryl methyl sites for hydroxylation is 1. The summed E-state index contributed by atoms with van der Waals surface area (Å²) in [6, 6.07) is 8.64. The molecule has 0 atom stereocenters. The van der Waals surface area contributed by atoms with Gasteiger partial charge in [-0.15, -0.1) is 10.2 Å². The normalized spacial score (nSPS) is 10.9. The first-order chi connectivity index (χ1) is 8.86. The summed E-state index contributed by atoms with van der Waals surface area (Å²) in [7, 11) is 0. The van der Waals surface area contributed by atoms with E-state index in [-0.39, 0.29) is 0 Å². The molecule has 2 heterocycles. The lowest BCUT2D eigenvalue weighted by Gasteiger charge is -2.03. The van der Waals surface area contributed by atoms with Crippen molar-refractivity contribution in [1.29, 1.82) is 0 Å². The number of benzene rings is 1. The fourth-order valence-electron chi connectivity index (χ4n) is 2.02. The van der Waals surface area contributed by atoms with Crippen molar-refractivity contribution in [3.05, 3.63) is 59.8 Å². The highest BCUT2D eigenvalue weighted by Crippen LogP contribution is 2.12. The Morgan fingerprint density at radius 2 is 1.89 bits per heavy atom. The molecule has 0 saturated carbocycles. The molecule has 3 aromatic rings. The molecule has 1 aromatic carbocycles. The lowest BCUT2D eigenvalue weighted by Crippen LogP contribution is -1.97. The predicted octanol–water partition coefficient (Wildman–Crippen LogP) is 2.28. The molecule has 2 aromatic heterocycles. The second-order valence-electron chi connectivity index (χ2n) is 4.28. The van der Waals surface area contributed by atoms with E-state index < -0.39 is 0 Å². The van der Waals surface area contributed by atoms with Crippen molar-refractivity contribution in [2.75, 3.05) is 0 Å². The van der Waals surface area contributed by atoms with Gasteiger partial charge in [-0.3, -0.25) is 9.38 Å². The number of hydrogen-bond acceptors (Lipinski definition) is 3. The SMILES string of the molecule is CCc1ccc(Cc2nccn3cnnc23)cc1. The average Bonchev–Trinajstić information content (AvgIpc) is 2.89. The van der Waals surface area contributed by atoms with Crippen LogP contribution in [-0.2, 0) is 12.8 Å². The number of aromatic nitrogens is 4. The zero-order chi connectivity index (χ0) is 12.4. The molecule has 0 spiro atoms. The van der Waals surface area contributed by atoms with Gasteiger partial charge in [-0.25, -0.2) is 0 Å². The van der Waals surface area contributed by atoms with Crippen molar-refractivity contribution >= 4 is 5.65 Å². The maximum Gasteiger partial charge on any atom is 0.182 e. The van der Waals surface area contributed by atoms with E-state index in [1.54, 1.807) is 12.5 Å². The first-order valence-electron chi connectivity index (χ1n) is 6.08. The summed E-state index contributed by atoms with van der Waals surface area (Å²) in [6.07, 6.45) is 7.19. The molecule has 0 radical (unpaired) electrons. The van der Waals surface area contributed by atoms with Crippen molar-refractivity contribution in [1.82, 2.24) is 19.6 Å². The minimum absolute atomic E-state index is 0.785. The molecular weight excluding hydrogens is 224 g/mol. The maximum absolute atomic E-state index is 4.39. The molecule has 0 aliphatic heterocycles. The third-order valence-electron chi connectivity index (χ3n) is 3.09. The molecule has 90 valence electrons. The van der Waals surface area contributed by atoms with Crippen LogP contribution < -0.4 is 0 Å². The summed E-state index contributed by atoms with van der Waals surface area (Å²) >= 11 is 0. The van der Waals surface area contributed by atoms with Crippen LogP contribution in [0.25, 0.3) is 5.65 Å². The Morgan fingerprint density at radius 3 is 2.67 bits per heavy atom. The Labute approximate surface area is 105 Å². The van der Waals surface area contributed by atoms with Crippen molar-refractivity contribution in [3.63, 3.8) is 0 Å². The highest BCUT2D eigenvalue weighted by molar-refractivity contribution is 5.44. The molecule has 3 rings (SSSR count). The molecule has 0 N–H and O–H groups in total. The van der Waals surface area contributed by atoms with E-state index in [0.29, 0.717) is 0 Å². The van der Waals surface area contributed by atoms with Crippen molar-refractivity contribution in [2.45, 2.75) is 19.8 Å². The summed E-state index contributed by atoms with van der Waals surface area (Å²) in [5.74, 6) is 0. The fourth-order valence-corrected chi connectivity index (χ4v) is 2.02. The number of rotatable bonds is 3. The van der Waals surface area contributed by atoms with E-state index in [0.717, 1.165) is 24.2 Å². The quantitative estimate of drug-likeness (QED) is 0.703. The first-order valence-corrected chi connectivity index (χ1v) is 6.08. The standard InChI is InChI=1S/C14H14N4/c1-2-11-3-5-12(6-4-11)9-13-14-17-16-10-18(14)8-7-15-13/h3-8,10H,2,9H2,1H3. The van der Waals surface area contributed by atoms with E-state index in [1.165, 1.54) is 11.1 Å². The van der Waals surface area contributed by atoms with E-state index in [1.807, 2.05) is 10.6 Å². The first kappa shape index (κ1) is 10.9. The van der Waals surface area contributed by atoms with Gasteiger partial charge in [-0.05, 0) is 17.5 Å². The summed E-state index contributed by atoms with van der Waals surface area (Å²) in [5.41, 5.74) is 4.39. The number of hydrogen-bond donors (Lipinski definition) is 0. The van der Waals surface area contributed by atoms with Crippen LogP contribution in [0.5, 0.6) is 0 Å². The Balaban J connectivity index is 1.93. The smallest absolute Gasteiger partial charge is 0.182 e.